The van der Waals surface area contributed by atoms with Crippen LogP contribution in [-0.4, -0.2) is 38.6 Å². The Labute approximate surface area is 166 Å². The average Bonchev–Trinajstić information content (AvgIpc) is 3.03. The summed E-state index contributed by atoms with van der Waals surface area (Å²) in [6.45, 7) is 0.690. The number of amides is 2. The van der Waals surface area contributed by atoms with Crippen molar-refractivity contribution < 1.29 is 28.5 Å². The molecule has 1 fully saturated rings. The summed E-state index contributed by atoms with van der Waals surface area (Å²) in [4.78, 5) is 23.2. The molecule has 0 spiro atoms. The average molecular weight is 401 g/mol. The molecule has 0 saturated carbocycles. The first-order valence-corrected chi connectivity index (χ1v) is 9.23. The van der Waals surface area contributed by atoms with E-state index >= 15 is 0 Å². The molecule has 1 heterocycles. The number of carbonyl (C=O) groups excluding carboxylic acids is 2. The Balaban J connectivity index is 1.57. The molecule has 7 nitrogen and oxygen atoms in total. The molecule has 0 unspecified atom stereocenters. The van der Waals surface area contributed by atoms with Crippen LogP contribution in [0, 0.1) is 0 Å². The molecule has 0 aliphatic carbocycles. The van der Waals surface area contributed by atoms with E-state index in [-0.39, 0.29) is 5.24 Å². The van der Waals surface area contributed by atoms with Crippen LogP contribution in [0.15, 0.2) is 47.4 Å². The van der Waals surface area contributed by atoms with E-state index in [1.807, 2.05) is 24.3 Å². The molecule has 2 amide bonds. The molecule has 0 aromatic heterocycles. The molecule has 3 rings (SSSR count). The molecule has 1 N–H and O–H groups in total. The van der Waals surface area contributed by atoms with E-state index in [0.29, 0.717) is 29.6 Å². The maximum atomic E-state index is 11.6. The van der Waals surface area contributed by atoms with Gasteiger partial charge in [0, 0.05) is 0 Å². The van der Waals surface area contributed by atoms with Crippen LogP contribution in [0.1, 0.15) is 5.56 Å². The molecule has 1 saturated heterocycles. The predicted octanol–water partition coefficient (Wildman–Crippen LogP) is 3.49. The van der Waals surface area contributed by atoms with E-state index in [0.717, 1.165) is 28.8 Å². The van der Waals surface area contributed by atoms with Crippen molar-refractivity contribution in [2.24, 2.45) is 0 Å². The third-order valence-electron chi connectivity index (χ3n) is 3.80. The Kier molecular flexibility index (Phi) is 6.44. The molecule has 0 radical (unpaired) electrons. The lowest BCUT2D eigenvalue weighted by atomic mass is 10.2. The number of carbonyl (C=O) groups is 2. The normalized spacial score (nSPS) is 14.7. The quantitative estimate of drug-likeness (QED) is 0.535. The number of hydrogen-bond donors (Lipinski definition) is 1. The van der Waals surface area contributed by atoms with Crippen molar-refractivity contribution in [3.63, 3.8) is 0 Å². The minimum atomic E-state index is -0.398. The summed E-state index contributed by atoms with van der Waals surface area (Å²) in [6.07, 6.45) is 1.63. The van der Waals surface area contributed by atoms with Crippen molar-refractivity contribution in [1.82, 2.24) is 5.32 Å². The summed E-state index contributed by atoms with van der Waals surface area (Å²) in [5, 5.41) is 1.85. The summed E-state index contributed by atoms with van der Waals surface area (Å²) in [6, 6.07) is 12.6. The van der Waals surface area contributed by atoms with E-state index < -0.39 is 5.91 Å². The van der Waals surface area contributed by atoms with Gasteiger partial charge in [-0.25, -0.2) is 0 Å². The lowest BCUT2D eigenvalue weighted by Crippen LogP contribution is -2.17. The van der Waals surface area contributed by atoms with Crippen LogP contribution >= 0.6 is 11.8 Å². The minimum absolute atomic E-state index is 0.329. The minimum Gasteiger partial charge on any atom is -0.497 e. The largest absolute Gasteiger partial charge is 0.497 e. The van der Waals surface area contributed by atoms with Crippen LogP contribution < -0.4 is 24.3 Å². The zero-order valence-electron chi connectivity index (χ0n) is 15.4. The third-order valence-corrected chi connectivity index (χ3v) is 4.61. The van der Waals surface area contributed by atoms with Crippen molar-refractivity contribution in [2.45, 2.75) is 0 Å². The van der Waals surface area contributed by atoms with Gasteiger partial charge in [-0.15, -0.1) is 0 Å². The summed E-state index contributed by atoms with van der Waals surface area (Å²) < 4.78 is 21.8. The Bertz CT molecular complexity index is 894. The highest BCUT2D eigenvalue weighted by Crippen LogP contribution is 2.31. The number of benzene rings is 2. The van der Waals surface area contributed by atoms with Crippen LogP contribution in [0.2, 0.25) is 0 Å². The standard InChI is InChI=1S/C20H19NO6S/c1-24-14-4-6-15(7-5-14)26-9-10-27-16-8-3-13(11-17(16)25-2)12-18-19(22)21-20(23)28-18/h3-8,11-12H,9-10H2,1-2H3,(H,21,22,23). The molecule has 8 heteroatoms. The number of hydrogen-bond acceptors (Lipinski definition) is 7. The van der Waals surface area contributed by atoms with Gasteiger partial charge in [-0.05, 0) is 59.8 Å². The molecule has 1 aliphatic heterocycles. The van der Waals surface area contributed by atoms with Crippen LogP contribution in [0.25, 0.3) is 6.08 Å². The molecule has 0 bridgehead atoms. The van der Waals surface area contributed by atoms with Crippen molar-refractivity contribution in [2.75, 3.05) is 27.4 Å². The highest BCUT2D eigenvalue weighted by molar-refractivity contribution is 8.18. The molecule has 2 aromatic rings. The number of thioether (sulfide) groups is 1. The molecule has 1 aliphatic rings. The smallest absolute Gasteiger partial charge is 0.290 e. The van der Waals surface area contributed by atoms with Crippen molar-refractivity contribution in [1.29, 1.82) is 0 Å². The zero-order valence-corrected chi connectivity index (χ0v) is 16.2. The van der Waals surface area contributed by atoms with E-state index in [1.54, 1.807) is 31.4 Å². The SMILES string of the molecule is COc1ccc(OCCOc2ccc(C=C3SC(=O)NC3=O)cc2OC)cc1. The predicted molar refractivity (Wildman–Crippen MR) is 106 cm³/mol. The van der Waals surface area contributed by atoms with Crippen LogP contribution in [0.5, 0.6) is 23.0 Å². The van der Waals surface area contributed by atoms with E-state index in [2.05, 4.69) is 5.32 Å². The van der Waals surface area contributed by atoms with Crippen molar-refractivity contribution >= 4 is 29.0 Å². The van der Waals surface area contributed by atoms with E-state index in [9.17, 15) is 9.59 Å². The van der Waals surface area contributed by atoms with Gasteiger partial charge in [0.1, 0.15) is 24.7 Å². The summed E-state index contributed by atoms with van der Waals surface area (Å²) >= 11 is 0.868. The van der Waals surface area contributed by atoms with Gasteiger partial charge in [-0.2, -0.15) is 0 Å². The van der Waals surface area contributed by atoms with Gasteiger partial charge in [0.05, 0.1) is 19.1 Å². The van der Waals surface area contributed by atoms with Gasteiger partial charge in [-0.1, -0.05) is 6.07 Å². The Morgan fingerprint density at radius 3 is 2.25 bits per heavy atom. The molecule has 28 heavy (non-hydrogen) atoms. The summed E-state index contributed by atoms with van der Waals surface area (Å²) in [7, 11) is 3.15. The number of methoxy groups -OCH3 is 2. The van der Waals surface area contributed by atoms with Crippen molar-refractivity contribution in [3.8, 4) is 23.0 Å². The monoisotopic (exact) mass is 401 g/mol. The van der Waals surface area contributed by atoms with Gasteiger partial charge in [0.25, 0.3) is 11.1 Å². The van der Waals surface area contributed by atoms with Gasteiger partial charge in [0.2, 0.25) is 0 Å². The maximum absolute atomic E-state index is 11.6. The summed E-state index contributed by atoms with van der Waals surface area (Å²) in [5.41, 5.74) is 0.728. The lowest BCUT2D eigenvalue weighted by molar-refractivity contribution is -0.115. The number of imide groups is 1. The second-order valence-corrected chi connectivity index (χ2v) is 6.65. The highest BCUT2D eigenvalue weighted by atomic mass is 32.2. The fraction of sp³-hybridized carbons (Fsp3) is 0.200. The Morgan fingerprint density at radius 2 is 1.61 bits per heavy atom. The third kappa shape index (κ3) is 4.98. The van der Waals surface area contributed by atoms with Crippen molar-refractivity contribution in [3.05, 3.63) is 52.9 Å². The van der Waals surface area contributed by atoms with E-state index in [1.165, 1.54) is 7.11 Å². The molecule has 146 valence electrons. The first-order chi connectivity index (χ1) is 13.6. The van der Waals surface area contributed by atoms with Gasteiger partial charge >= 0.3 is 0 Å². The van der Waals surface area contributed by atoms with Gasteiger partial charge in [0.15, 0.2) is 11.5 Å². The fourth-order valence-corrected chi connectivity index (χ4v) is 3.13. The Morgan fingerprint density at radius 1 is 0.893 bits per heavy atom. The molecule has 2 aromatic carbocycles. The van der Waals surface area contributed by atoms with E-state index in [4.69, 9.17) is 18.9 Å². The molecular formula is C20H19NO6S. The number of rotatable bonds is 8. The topological polar surface area (TPSA) is 83.1 Å². The maximum Gasteiger partial charge on any atom is 0.290 e. The number of nitrogens with one attached hydrogen (secondary N) is 1. The second-order valence-electron chi connectivity index (χ2n) is 5.63. The molecular weight excluding hydrogens is 382 g/mol. The first kappa shape index (κ1) is 19.6. The fourth-order valence-electron chi connectivity index (χ4n) is 2.45. The van der Waals surface area contributed by atoms with Crippen LogP contribution in [0.4, 0.5) is 4.79 Å². The number of ether oxygens (including phenoxy) is 4. The Hall–Kier alpha value is -3.13. The zero-order chi connectivity index (χ0) is 19.9. The highest BCUT2D eigenvalue weighted by Gasteiger charge is 2.25. The summed E-state index contributed by atoms with van der Waals surface area (Å²) in [5.74, 6) is 2.17. The van der Waals surface area contributed by atoms with Crippen LogP contribution in [-0.2, 0) is 4.79 Å². The van der Waals surface area contributed by atoms with Gasteiger partial charge in [-0.3, -0.25) is 14.9 Å². The lowest BCUT2D eigenvalue weighted by Gasteiger charge is -2.12. The first-order valence-electron chi connectivity index (χ1n) is 8.41. The second kappa shape index (κ2) is 9.18. The molecule has 0 atom stereocenters. The van der Waals surface area contributed by atoms with Crippen LogP contribution in [0.3, 0.4) is 0 Å². The van der Waals surface area contributed by atoms with Gasteiger partial charge < -0.3 is 18.9 Å².